The SMILES string of the molecule is CCOC(=O)C(C)(C)NC(=O)Cc1csc(-c2ccc(Cl)cc2C2=CCCC=C2)n1. The standard InChI is InChI=1S/C23H25ClN2O3S/c1-4-29-22(28)23(2,3)26-20(27)13-17-14-30-21(25-17)18-11-10-16(24)12-19(18)15-8-6-5-7-9-15/h6,8-12,14H,4-5,7,13H2,1-3H3,(H,26,27). The number of halogens is 1. The molecule has 0 radical (unpaired) electrons. The monoisotopic (exact) mass is 444 g/mol. The Kier molecular flexibility index (Phi) is 7.10. The van der Waals surface area contributed by atoms with E-state index in [1.807, 2.05) is 23.6 Å². The van der Waals surface area contributed by atoms with Gasteiger partial charge in [-0.15, -0.1) is 11.3 Å². The van der Waals surface area contributed by atoms with E-state index in [9.17, 15) is 9.59 Å². The molecule has 5 nitrogen and oxygen atoms in total. The van der Waals surface area contributed by atoms with Gasteiger partial charge in [-0.05, 0) is 62.9 Å². The number of hydrogen-bond donors (Lipinski definition) is 1. The first-order valence-corrected chi connectivity index (χ1v) is 11.2. The number of carbonyl (C=O) groups excluding carboxylic acids is 2. The zero-order chi connectivity index (χ0) is 21.7. The van der Waals surface area contributed by atoms with E-state index in [0.29, 0.717) is 10.7 Å². The van der Waals surface area contributed by atoms with Crippen LogP contribution < -0.4 is 5.32 Å². The zero-order valence-corrected chi connectivity index (χ0v) is 18.9. The first-order valence-electron chi connectivity index (χ1n) is 9.90. The molecule has 0 aliphatic heterocycles. The summed E-state index contributed by atoms with van der Waals surface area (Å²) in [7, 11) is 0. The van der Waals surface area contributed by atoms with Crippen LogP contribution in [0.5, 0.6) is 0 Å². The van der Waals surface area contributed by atoms with Gasteiger partial charge in [0.25, 0.3) is 0 Å². The van der Waals surface area contributed by atoms with Crippen molar-refractivity contribution in [3.8, 4) is 10.6 Å². The normalized spacial score (nSPS) is 13.7. The molecule has 1 N–H and O–H groups in total. The second kappa shape index (κ2) is 9.58. The number of nitrogens with one attached hydrogen (secondary N) is 1. The minimum absolute atomic E-state index is 0.0882. The third-order valence-corrected chi connectivity index (χ3v) is 5.81. The van der Waals surface area contributed by atoms with Crippen LogP contribution in [0.3, 0.4) is 0 Å². The second-order valence-electron chi connectivity index (χ2n) is 7.54. The Morgan fingerprint density at radius 3 is 2.77 bits per heavy atom. The highest BCUT2D eigenvalue weighted by Crippen LogP contribution is 2.35. The van der Waals surface area contributed by atoms with Crippen molar-refractivity contribution < 1.29 is 14.3 Å². The van der Waals surface area contributed by atoms with Crippen LogP contribution in [-0.2, 0) is 20.7 Å². The van der Waals surface area contributed by atoms with Gasteiger partial charge in [-0.2, -0.15) is 0 Å². The Hall–Kier alpha value is -2.44. The lowest BCUT2D eigenvalue weighted by Gasteiger charge is -2.23. The summed E-state index contributed by atoms with van der Waals surface area (Å²) in [4.78, 5) is 29.1. The summed E-state index contributed by atoms with van der Waals surface area (Å²) < 4.78 is 5.01. The number of hydrogen-bond acceptors (Lipinski definition) is 5. The van der Waals surface area contributed by atoms with Crippen molar-refractivity contribution >= 4 is 40.4 Å². The summed E-state index contributed by atoms with van der Waals surface area (Å²) in [6.07, 6.45) is 8.59. The molecule has 1 aromatic heterocycles. The molecule has 0 atom stereocenters. The lowest BCUT2D eigenvalue weighted by molar-refractivity contribution is -0.151. The number of carbonyl (C=O) groups is 2. The van der Waals surface area contributed by atoms with E-state index in [4.69, 9.17) is 16.3 Å². The number of benzene rings is 1. The molecule has 7 heteroatoms. The maximum Gasteiger partial charge on any atom is 0.331 e. The minimum atomic E-state index is -1.09. The third kappa shape index (κ3) is 5.37. The van der Waals surface area contributed by atoms with Crippen LogP contribution in [0.2, 0.25) is 5.02 Å². The fraction of sp³-hybridized carbons (Fsp3) is 0.348. The zero-order valence-electron chi connectivity index (χ0n) is 17.3. The van der Waals surface area contributed by atoms with E-state index in [1.165, 1.54) is 11.3 Å². The number of allylic oxidation sites excluding steroid dienone is 4. The van der Waals surface area contributed by atoms with Crippen LogP contribution >= 0.6 is 22.9 Å². The molecule has 3 rings (SSSR count). The van der Waals surface area contributed by atoms with Crippen molar-refractivity contribution in [1.82, 2.24) is 10.3 Å². The van der Waals surface area contributed by atoms with E-state index >= 15 is 0 Å². The minimum Gasteiger partial charge on any atom is -0.464 e. The first kappa shape index (κ1) is 22.2. The molecule has 30 heavy (non-hydrogen) atoms. The lowest BCUT2D eigenvalue weighted by Crippen LogP contribution is -2.51. The molecule has 0 unspecified atom stereocenters. The number of amides is 1. The summed E-state index contributed by atoms with van der Waals surface area (Å²) in [6.45, 7) is 5.25. The van der Waals surface area contributed by atoms with Crippen LogP contribution in [0, 0.1) is 0 Å². The van der Waals surface area contributed by atoms with Gasteiger partial charge in [0.05, 0.1) is 18.7 Å². The Morgan fingerprint density at radius 1 is 1.27 bits per heavy atom. The van der Waals surface area contributed by atoms with Crippen molar-refractivity contribution in [2.45, 2.75) is 45.6 Å². The highest BCUT2D eigenvalue weighted by atomic mass is 35.5. The fourth-order valence-electron chi connectivity index (χ4n) is 3.19. The first-order chi connectivity index (χ1) is 14.3. The molecule has 1 aliphatic carbocycles. The number of thiazole rings is 1. The van der Waals surface area contributed by atoms with Crippen molar-refractivity contribution in [2.24, 2.45) is 0 Å². The molecule has 1 heterocycles. The molecule has 1 aromatic carbocycles. The van der Waals surface area contributed by atoms with Crippen molar-refractivity contribution in [3.05, 3.63) is 58.1 Å². The summed E-state index contributed by atoms with van der Waals surface area (Å²) in [5.74, 6) is -0.740. The summed E-state index contributed by atoms with van der Waals surface area (Å²) in [6, 6.07) is 5.77. The van der Waals surface area contributed by atoms with Crippen molar-refractivity contribution in [1.29, 1.82) is 0 Å². The van der Waals surface area contributed by atoms with Gasteiger partial charge < -0.3 is 10.1 Å². The fourth-order valence-corrected chi connectivity index (χ4v) is 4.22. The maximum atomic E-state index is 12.5. The Balaban J connectivity index is 1.77. The molecule has 158 valence electrons. The van der Waals surface area contributed by atoms with Gasteiger partial charge >= 0.3 is 5.97 Å². The van der Waals surface area contributed by atoms with E-state index in [1.54, 1.807) is 20.8 Å². The van der Waals surface area contributed by atoms with Crippen LogP contribution in [-0.4, -0.2) is 29.0 Å². The average Bonchev–Trinajstić information content (AvgIpc) is 3.16. The number of ether oxygens (including phenoxy) is 1. The highest BCUT2D eigenvalue weighted by Gasteiger charge is 2.31. The summed E-state index contributed by atoms with van der Waals surface area (Å²) >= 11 is 7.73. The van der Waals surface area contributed by atoms with E-state index in [2.05, 4.69) is 28.5 Å². The molecule has 0 spiro atoms. The van der Waals surface area contributed by atoms with Gasteiger partial charge in [-0.3, -0.25) is 4.79 Å². The van der Waals surface area contributed by atoms with Gasteiger partial charge in [0.2, 0.25) is 5.91 Å². The number of rotatable bonds is 7. The Morgan fingerprint density at radius 2 is 2.07 bits per heavy atom. The third-order valence-electron chi connectivity index (χ3n) is 4.65. The number of nitrogens with zero attached hydrogens (tertiary/aromatic N) is 1. The molecule has 0 saturated carbocycles. The van der Waals surface area contributed by atoms with Gasteiger partial charge in [0.15, 0.2) is 0 Å². The number of esters is 1. The second-order valence-corrected chi connectivity index (χ2v) is 8.84. The maximum absolute atomic E-state index is 12.5. The Bertz CT molecular complexity index is 1010. The lowest BCUT2D eigenvalue weighted by atomic mass is 9.95. The van der Waals surface area contributed by atoms with Gasteiger partial charge in [-0.25, -0.2) is 9.78 Å². The van der Waals surface area contributed by atoms with Crippen LogP contribution in [0.15, 0.2) is 41.8 Å². The van der Waals surface area contributed by atoms with Gasteiger partial charge in [-0.1, -0.05) is 29.8 Å². The molecular formula is C23H25ClN2O3S. The van der Waals surface area contributed by atoms with Gasteiger partial charge in [0, 0.05) is 16.0 Å². The van der Waals surface area contributed by atoms with Crippen molar-refractivity contribution in [2.75, 3.05) is 6.61 Å². The Labute approximate surface area is 185 Å². The molecule has 0 fully saturated rings. The average molecular weight is 445 g/mol. The molecular weight excluding hydrogens is 420 g/mol. The topological polar surface area (TPSA) is 68.3 Å². The predicted octanol–water partition coefficient (Wildman–Crippen LogP) is 5.20. The summed E-state index contributed by atoms with van der Waals surface area (Å²) in [5.41, 5.74) is 2.72. The molecule has 0 saturated heterocycles. The van der Waals surface area contributed by atoms with Crippen LogP contribution in [0.1, 0.15) is 44.9 Å². The predicted molar refractivity (Wildman–Crippen MR) is 121 cm³/mol. The van der Waals surface area contributed by atoms with Crippen LogP contribution in [0.4, 0.5) is 0 Å². The van der Waals surface area contributed by atoms with E-state index in [-0.39, 0.29) is 18.9 Å². The largest absolute Gasteiger partial charge is 0.464 e. The van der Waals surface area contributed by atoms with E-state index in [0.717, 1.165) is 34.5 Å². The molecule has 1 aliphatic rings. The highest BCUT2D eigenvalue weighted by molar-refractivity contribution is 7.13. The molecule has 2 aromatic rings. The molecule has 0 bridgehead atoms. The quantitative estimate of drug-likeness (QED) is 0.596. The number of aromatic nitrogens is 1. The smallest absolute Gasteiger partial charge is 0.331 e. The molecule has 1 amide bonds. The van der Waals surface area contributed by atoms with E-state index < -0.39 is 11.5 Å². The van der Waals surface area contributed by atoms with Crippen LogP contribution in [0.25, 0.3) is 16.1 Å². The summed E-state index contributed by atoms with van der Waals surface area (Å²) in [5, 5.41) is 6.10. The van der Waals surface area contributed by atoms with Gasteiger partial charge in [0.1, 0.15) is 10.5 Å². The van der Waals surface area contributed by atoms with Crippen molar-refractivity contribution in [3.63, 3.8) is 0 Å².